The second-order valence-corrected chi connectivity index (χ2v) is 7.16. The molecule has 0 amide bonds. The van der Waals surface area contributed by atoms with Crippen molar-refractivity contribution in [2.24, 2.45) is 29.6 Å². The van der Waals surface area contributed by atoms with Crippen LogP contribution >= 0.6 is 0 Å². The smallest absolute Gasteiger partial charge is 0.306 e. The van der Waals surface area contributed by atoms with Gasteiger partial charge in [-0.25, -0.2) is 0 Å². The van der Waals surface area contributed by atoms with E-state index in [1.165, 1.54) is 24.8 Å². The van der Waals surface area contributed by atoms with Gasteiger partial charge < -0.3 is 5.11 Å². The predicted molar refractivity (Wildman–Crippen MR) is 80.3 cm³/mol. The lowest BCUT2D eigenvalue weighted by Gasteiger charge is -2.45. The molecule has 4 atom stereocenters. The van der Waals surface area contributed by atoms with Crippen LogP contribution in [0, 0.1) is 29.6 Å². The van der Waals surface area contributed by atoms with Crippen LogP contribution in [-0.2, 0) is 4.79 Å². The minimum Gasteiger partial charge on any atom is -0.481 e. The van der Waals surface area contributed by atoms with Gasteiger partial charge in [0.1, 0.15) is 0 Å². The second kappa shape index (κ2) is 5.38. The Labute approximate surface area is 122 Å². The summed E-state index contributed by atoms with van der Waals surface area (Å²) in [5.74, 6) is 1.64. The lowest BCUT2D eigenvalue weighted by atomic mass is 9.59. The van der Waals surface area contributed by atoms with Crippen LogP contribution < -0.4 is 0 Å². The molecule has 0 aromatic rings. The fraction of sp³-hybridized carbons (Fsp3) is 0.722. The van der Waals surface area contributed by atoms with Gasteiger partial charge in [0, 0.05) is 0 Å². The van der Waals surface area contributed by atoms with Crippen LogP contribution in [0.4, 0.5) is 0 Å². The van der Waals surface area contributed by atoms with Crippen LogP contribution in [0.3, 0.4) is 0 Å². The molecule has 2 nitrogen and oxygen atoms in total. The summed E-state index contributed by atoms with van der Waals surface area (Å²) in [6.45, 7) is 4.55. The number of carbonyl (C=O) groups is 1. The largest absolute Gasteiger partial charge is 0.481 e. The van der Waals surface area contributed by atoms with Crippen molar-refractivity contribution < 1.29 is 9.90 Å². The normalized spacial score (nSPS) is 36.8. The van der Waals surface area contributed by atoms with E-state index < -0.39 is 5.97 Å². The van der Waals surface area contributed by atoms with Crippen LogP contribution in [0.15, 0.2) is 23.3 Å². The number of fused-ring (bicyclic) bond motifs is 3. The molecule has 0 aromatic carbocycles. The zero-order valence-electron chi connectivity index (χ0n) is 12.6. The van der Waals surface area contributed by atoms with E-state index in [-0.39, 0.29) is 5.92 Å². The molecule has 1 N–H and O–H groups in total. The first-order chi connectivity index (χ1) is 9.58. The lowest BCUT2D eigenvalue weighted by molar-refractivity contribution is -0.146. The molecule has 110 valence electrons. The van der Waals surface area contributed by atoms with E-state index in [9.17, 15) is 9.90 Å². The molecule has 1 saturated carbocycles. The quantitative estimate of drug-likeness (QED) is 0.809. The monoisotopic (exact) mass is 274 g/mol. The Hall–Kier alpha value is -1.05. The Kier molecular flexibility index (Phi) is 3.74. The molecule has 0 radical (unpaired) electrons. The maximum absolute atomic E-state index is 11.5. The molecule has 0 heterocycles. The van der Waals surface area contributed by atoms with Crippen molar-refractivity contribution in [3.05, 3.63) is 23.3 Å². The van der Waals surface area contributed by atoms with Gasteiger partial charge in [-0.05, 0) is 61.3 Å². The molecule has 0 aromatic heterocycles. The van der Waals surface area contributed by atoms with Crippen molar-refractivity contribution in [3.8, 4) is 0 Å². The Morgan fingerprint density at radius 3 is 2.75 bits per heavy atom. The highest BCUT2D eigenvalue weighted by atomic mass is 16.4. The molecule has 3 aliphatic carbocycles. The summed E-state index contributed by atoms with van der Waals surface area (Å²) >= 11 is 0. The molecule has 3 rings (SSSR count). The summed E-state index contributed by atoms with van der Waals surface area (Å²) in [5, 5.41) is 9.46. The second-order valence-electron chi connectivity index (χ2n) is 7.16. The molecule has 1 fully saturated rings. The van der Waals surface area contributed by atoms with Crippen molar-refractivity contribution in [3.63, 3.8) is 0 Å². The van der Waals surface area contributed by atoms with Gasteiger partial charge >= 0.3 is 5.97 Å². The van der Waals surface area contributed by atoms with E-state index in [4.69, 9.17) is 0 Å². The number of carboxylic acids is 1. The average molecular weight is 274 g/mol. The van der Waals surface area contributed by atoms with Crippen molar-refractivity contribution in [1.82, 2.24) is 0 Å². The number of aliphatic carboxylic acids is 1. The summed E-state index contributed by atoms with van der Waals surface area (Å²) in [5.41, 5.74) is 3.10. The van der Waals surface area contributed by atoms with Gasteiger partial charge in [-0.1, -0.05) is 38.0 Å². The number of hydrogen-bond acceptors (Lipinski definition) is 1. The highest BCUT2D eigenvalue weighted by Crippen LogP contribution is 2.50. The van der Waals surface area contributed by atoms with Crippen LogP contribution in [0.1, 0.15) is 52.4 Å². The molecule has 2 unspecified atom stereocenters. The molecule has 0 aliphatic heterocycles. The van der Waals surface area contributed by atoms with Crippen molar-refractivity contribution >= 4 is 5.97 Å². The lowest BCUT2D eigenvalue weighted by Crippen LogP contribution is -2.40. The topological polar surface area (TPSA) is 37.3 Å². The Morgan fingerprint density at radius 1 is 1.25 bits per heavy atom. The minimum atomic E-state index is -0.564. The highest BCUT2D eigenvalue weighted by Gasteiger charge is 2.43. The van der Waals surface area contributed by atoms with Gasteiger partial charge in [-0.2, -0.15) is 0 Å². The Bertz CT molecular complexity index is 458. The molecular weight excluding hydrogens is 248 g/mol. The molecule has 20 heavy (non-hydrogen) atoms. The van der Waals surface area contributed by atoms with E-state index in [0.717, 1.165) is 19.3 Å². The van der Waals surface area contributed by atoms with Gasteiger partial charge in [-0.15, -0.1) is 0 Å². The molecule has 2 heteroatoms. The summed E-state index contributed by atoms with van der Waals surface area (Å²) < 4.78 is 0. The van der Waals surface area contributed by atoms with Crippen LogP contribution in [-0.4, -0.2) is 11.1 Å². The Balaban J connectivity index is 1.86. The maximum atomic E-state index is 11.5. The van der Waals surface area contributed by atoms with E-state index >= 15 is 0 Å². The van der Waals surface area contributed by atoms with Gasteiger partial charge in [0.2, 0.25) is 0 Å². The zero-order valence-corrected chi connectivity index (χ0v) is 12.6. The van der Waals surface area contributed by atoms with Crippen LogP contribution in [0.2, 0.25) is 0 Å². The number of rotatable bonds is 2. The third-order valence-corrected chi connectivity index (χ3v) is 5.84. The van der Waals surface area contributed by atoms with E-state index in [1.807, 2.05) is 0 Å². The summed E-state index contributed by atoms with van der Waals surface area (Å²) in [7, 11) is 0. The third kappa shape index (κ3) is 2.34. The standard InChI is InChI=1S/C18H26O2/c1-11(2)12-6-8-14-13(10-12)7-9-16-15(14)4-3-5-17(16)18(19)20/h7,10-11,14-17H,3-6,8-9H2,1-2H3,(H,19,20)/t14?,15?,16-,17-/m1/s1. The van der Waals surface area contributed by atoms with Crippen molar-refractivity contribution in [2.75, 3.05) is 0 Å². The average Bonchev–Trinajstić information content (AvgIpc) is 2.45. The van der Waals surface area contributed by atoms with Crippen molar-refractivity contribution in [1.29, 1.82) is 0 Å². The molecule has 0 saturated heterocycles. The SMILES string of the molecule is CC(C)C1=CC2=CC[C@@H]3C(CCC[C@H]3C(=O)O)C2CC1. The number of allylic oxidation sites excluding steroid dienone is 4. The van der Waals surface area contributed by atoms with Gasteiger partial charge in [-0.3, -0.25) is 4.79 Å². The third-order valence-electron chi connectivity index (χ3n) is 5.84. The summed E-state index contributed by atoms with van der Waals surface area (Å²) in [4.78, 5) is 11.5. The molecule has 0 bridgehead atoms. The van der Waals surface area contributed by atoms with Crippen LogP contribution in [0.5, 0.6) is 0 Å². The fourth-order valence-corrected chi connectivity index (χ4v) is 4.73. The molecular formula is C18H26O2. The minimum absolute atomic E-state index is 0.0953. The van der Waals surface area contributed by atoms with Crippen molar-refractivity contribution in [2.45, 2.75) is 52.4 Å². The number of hydrogen-bond donors (Lipinski definition) is 1. The van der Waals surface area contributed by atoms with E-state index in [1.54, 1.807) is 5.57 Å². The summed E-state index contributed by atoms with van der Waals surface area (Å²) in [6.07, 6.45) is 11.4. The Morgan fingerprint density at radius 2 is 2.05 bits per heavy atom. The maximum Gasteiger partial charge on any atom is 0.306 e. The summed E-state index contributed by atoms with van der Waals surface area (Å²) in [6, 6.07) is 0. The first-order valence-corrected chi connectivity index (χ1v) is 8.21. The van der Waals surface area contributed by atoms with Gasteiger partial charge in [0.15, 0.2) is 0 Å². The first kappa shape index (κ1) is 13.9. The van der Waals surface area contributed by atoms with Crippen LogP contribution in [0.25, 0.3) is 0 Å². The molecule has 0 spiro atoms. The van der Waals surface area contributed by atoms with E-state index in [0.29, 0.717) is 23.7 Å². The predicted octanol–water partition coefficient (Wildman–Crippen LogP) is 4.43. The zero-order chi connectivity index (χ0) is 14.3. The first-order valence-electron chi connectivity index (χ1n) is 8.21. The van der Waals surface area contributed by atoms with Gasteiger partial charge in [0.05, 0.1) is 5.92 Å². The molecule has 3 aliphatic rings. The fourth-order valence-electron chi connectivity index (χ4n) is 4.73. The van der Waals surface area contributed by atoms with Gasteiger partial charge in [0.25, 0.3) is 0 Å². The number of carboxylic acid groups (broad SMARTS) is 1. The highest BCUT2D eigenvalue weighted by molar-refractivity contribution is 5.70. The van der Waals surface area contributed by atoms with E-state index in [2.05, 4.69) is 26.0 Å².